The minimum atomic E-state index is -0.512. The Morgan fingerprint density at radius 3 is 1.88 bits per heavy atom. The Balaban J connectivity index is 2.18. The van der Waals surface area contributed by atoms with Crippen LogP contribution in [0.1, 0.15) is 76.3 Å². The van der Waals surface area contributed by atoms with Gasteiger partial charge in [0.05, 0.1) is 0 Å². The van der Waals surface area contributed by atoms with Crippen LogP contribution in [-0.4, -0.2) is 21.3 Å². The van der Waals surface area contributed by atoms with Gasteiger partial charge in [0.25, 0.3) is 5.56 Å². The van der Waals surface area contributed by atoms with Crippen molar-refractivity contribution in [1.82, 2.24) is 9.13 Å². The van der Waals surface area contributed by atoms with Crippen LogP contribution in [0.2, 0.25) is 0 Å². The molecule has 1 heterocycles. The highest BCUT2D eigenvalue weighted by Gasteiger charge is 2.28. The summed E-state index contributed by atoms with van der Waals surface area (Å²) in [6.45, 7) is 0. The summed E-state index contributed by atoms with van der Waals surface area (Å²) in [5.74, 6) is -0.324. The Morgan fingerprint density at radius 1 is 0.875 bits per heavy atom. The third kappa shape index (κ3) is 3.03. The van der Waals surface area contributed by atoms with E-state index in [2.05, 4.69) is 10.2 Å². The minimum absolute atomic E-state index is 0.0625. The van der Waals surface area contributed by atoms with Crippen molar-refractivity contribution < 1.29 is 5.11 Å². The van der Waals surface area contributed by atoms with Gasteiger partial charge in [0.1, 0.15) is 0 Å². The molecule has 2 saturated carbocycles. The molecule has 0 aromatic carbocycles. The van der Waals surface area contributed by atoms with Crippen LogP contribution in [0.5, 0.6) is 5.88 Å². The Labute approximate surface area is 141 Å². The van der Waals surface area contributed by atoms with Crippen molar-refractivity contribution in [3.63, 3.8) is 0 Å². The predicted octanol–water partition coefficient (Wildman–Crippen LogP) is 3.44. The molecule has 132 valence electrons. The first-order valence-electron chi connectivity index (χ1n) is 9.05. The normalized spacial score (nSPS) is 20.7. The van der Waals surface area contributed by atoms with Crippen LogP contribution in [0, 0.1) is 0 Å². The molecule has 2 aliphatic carbocycles. The average Bonchev–Trinajstić information content (AvgIpc) is 2.61. The van der Waals surface area contributed by atoms with Gasteiger partial charge in [-0.15, -0.1) is 5.11 Å². The summed E-state index contributed by atoms with van der Waals surface area (Å²) in [4.78, 5) is 25.8. The van der Waals surface area contributed by atoms with Crippen LogP contribution in [-0.2, 0) is 0 Å². The van der Waals surface area contributed by atoms with E-state index >= 15 is 0 Å². The lowest BCUT2D eigenvalue weighted by Gasteiger charge is -2.28. The molecule has 24 heavy (non-hydrogen) atoms. The van der Waals surface area contributed by atoms with Gasteiger partial charge in [-0.25, -0.2) is 4.79 Å². The highest BCUT2D eigenvalue weighted by Crippen LogP contribution is 2.33. The molecule has 7 nitrogen and oxygen atoms in total. The summed E-state index contributed by atoms with van der Waals surface area (Å²) in [5, 5.41) is 18.1. The van der Waals surface area contributed by atoms with Crippen LogP contribution < -0.4 is 11.2 Å². The van der Waals surface area contributed by atoms with E-state index in [1.54, 1.807) is 0 Å². The minimum Gasteiger partial charge on any atom is -0.493 e. The number of hydrogen-bond acceptors (Lipinski definition) is 5. The molecule has 0 atom stereocenters. The fraction of sp³-hybridized carbons (Fsp3) is 0.765. The zero-order chi connectivity index (χ0) is 17.1. The maximum absolute atomic E-state index is 13.1. The van der Waals surface area contributed by atoms with Crippen LogP contribution in [0.4, 0.5) is 5.69 Å². The van der Waals surface area contributed by atoms with E-state index in [9.17, 15) is 14.7 Å². The van der Waals surface area contributed by atoms with E-state index in [1.165, 1.54) is 16.2 Å². The lowest BCUT2D eigenvalue weighted by molar-refractivity contribution is 0.272. The quantitative estimate of drug-likeness (QED) is 0.859. The largest absolute Gasteiger partial charge is 0.493 e. The third-order valence-corrected chi connectivity index (χ3v) is 5.35. The Hall–Kier alpha value is -1.92. The second-order valence-electron chi connectivity index (χ2n) is 6.88. The fourth-order valence-electron chi connectivity index (χ4n) is 4.13. The second-order valence-corrected chi connectivity index (χ2v) is 6.88. The summed E-state index contributed by atoms with van der Waals surface area (Å²) in [5.41, 5.74) is -0.998. The van der Waals surface area contributed by atoms with Gasteiger partial charge in [0.2, 0.25) is 11.6 Å². The number of hydrogen-bond donors (Lipinski definition) is 1. The molecule has 1 aromatic rings. The summed E-state index contributed by atoms with van der Waals surface area (Å²) in [7, 11) is 1.46. The van der Waals surface area contributed by atoms with E-state index < -0.39 is 5.56 Å². The molecule has 0 radical (unpaired) electrons. The highest BCUT2D eigenvalue weighted by molar-refractivity contribution is 5.44. The molecule has 0 spiro atoms. The first-order valence-corrected chi connectivity index (χ1v) is 9.05. The average molecular weight is 334 g/mol. The fourth-order valence-corrected chi connectivity index (χ4v) is 4.13. The van der Waals surface area contributed by atoms with Gasteiger partial charge >= 0.3 is 5.69 Å². The van der Waals surface area contributed by atoms with Crippen molar-refractivity contribution in [2.45, 2.75) is 76.3 Å². The summed E-state index contributed by atoms with van der Waals surface area (Å²) in [6.07, 6.45) is 9.74. The van der Waals surface area contributed by atoms with Crippen molar-refractivity contribution in [3.8, 4) is 5.88 Å². The van der Waals surface area contributed by atoms with Crippen molar-refractivity contribution in [3.05, 3.63) is 20.8 Å². The topological polar surface area (TPSA) is 88.9 Å². The lowest BCUT2D eigenvalue weighted by Crippen LogP contribution is -2.43. The Morgan fingerprint density at radius 2 is 1.38 bits per heavy atom. The molecule has 0 bridgehead atoms. The Bertz CT molecular complexity index is 723. The number of azo groups is 1. The summed E-state index contributed by atoms with van der Waals surface area (Å²) < 4.78 is 2.73. The van der Waals surface area contributed by atoms with Gasteiger partial charge in [-0.05, 0) is 25.7 Å². The van der Waals surface area contributed by atoms with Gasteiger partial charge in [-0.3, -0.25) is 13.9 Å². The van der Waals surface area contributed by atoms with E-state index in [4.69, 9.17) is 0 Å². The number of nitrogens with zero attached hydrogens (tertiary/aromatic N) is 4. The molecular weight excluding hydrogens is 308 g/mol. The molecule has 0 saturated heterocycles. The molecule has 1 N–H and O–H groups in total. The van der Waals surface area contributed by atoms with Gasteiger partial charge in [-0.2, -0.15) is 5.11 Å². The SMILES string of the molecule is CN=Nc1c(O)n(C2CCCCC2)c(=O)n(C2CCCCC2)c1=O. The molecule has 7 heteroatoms. The van der Waals surface area contributed by atoms with Crippen LogP contribution in [0.15, 0.2) is 19.8 Å². The van der Waals surface area contributed by atoms with Crippen molar-refractivity contribution in [2.24, 2.45) is 10.2 Å². The lowest BCUT2D eigenvalue weighted by atomic mass is 9.94. The summed E-state index contributed by atoms with van der Waals surface area (Å²) in [6, 6.07) is -0.160. The van der Waals surface area contributed by atoms with Gasteiger partial charge in [0, 0.05) is 19.1 Å². The zero-order valence-corrected chi connectivity index (χ0v) is 14.3. The van der Waals surface area contributed by atoms with Gasteiger partial charge < -0.3 is 5.11 Å². The van der Waals surface area contributed by atoms with Gasteiger partial charge in [0.15, 0.2) is 0 Å². The van der Waals surface area contributed by atoms with Crippen LogP contribution in [0.25, 0.3) is 0 Å². The monoisotopic (exact) mass is 334 g/mol. The molecule has 2 aliphatic rings. The van der Waals surface area contributed by atoms with E-state index in [1.807, 2.05) is 0 Å². The number of rotatable bonds is 3. The summed E-state index contributed by atoms with van der Waals surface area (Å²) >= 11 is 0. The van der Waals surface area contributed by atoms with E-state index in [-0.39, 0.29) is 29.3 Å². The van der Waals surface area contributed by atoms with Gasteiger partial charge in [-0.1, -0.05) is 38.5 Å². The van der Waals surface area contributed by atoms with Crippen LogP contribution in [0.3, 0.4) is 0 Å². The number of aromatic nitrogens is 2. The molecule has 3 rings (SSSR count). The Kier molecular flexibility index (Phi) is 5.16. The maximum atomic E-state index is 13.1. The maximum Gasteiger partial charge on any atom is 0.334 e. The number of aromatic hydroxyl groups is 1. The first-order chi connectivity index (χ1) is 11.6. The standard InChI is InChI=1S/C17H26N4O3/c1-18-19-14-15(22)20(12-8-4-2-5-9-12)17(24)21(16(14)23)13-10-6-3-7-11-13/h12-13,22H,2-11H2,1H3. The molecule has 0 aliphatic heterocycles. The molecule has 0 amide bonds. The van der Waals surface area contributed by atoms with Crippen molar-refractivity contribution in [2.75, 3.05) is 7.05 Å². The third-order valence-electron chi connectivity index (χ3n) is 5.35. The molecular formula is C17H26N4O3. The highest BCUT2D eigenvalue weighted by atomic mass is 16.3. The second kappa shape index (κ2) is 7.32. The van der Waals surface area contributed by atoms with E-state index in [0.717, 1.165) is 64.2 Å². The van der Waals surface area contributed by atoms with Crippen LogP contribution >= 0.6 is 0 Å². The smallest absolute Gasteiger partial charge is 0.334 e. The molecule has 2 fully saturated rings. The van der Waals surface area contributed by atoms with Crippen molar-refractivity contribution in [1.29, 1.82) is 0 Å². The van der Waals surface area contributed by atoms with Crippen molar-refractivity contribution >= 4 is 5.69 Å². The molecule has 0 unspecified atom stereocenters. The van der Waals surface area contributed by atoms with E-state index in [0.29, 0.717) is 0 Å². The predicted molar refractivity (Wildman–Crippen MR) is 91.3 cm³/mol. The first kappa shape index (κ1) is 16.9. The zero-order valence-electron chi connectivity index (χ0n) is 14.3. The molecule has 1 aromatic heterocycles.